The van der Waals surface area contributed by atoms with Crippen molar-refractivity contribution in [3.63, 3.8) is 0 Å². The second kappa shape index (κ2) is 7.75. The van der Waals surface area contributed by atoms with Crippen LogP contribution in [0.15, 0.2) is 73.1 Å². The third-order valence-corrected chi connectivity index (χ3v) is 5.10. The molecule has 2 heterocycles. The highest BCUT2D eigenvalue weighted by atomic mass is 16.2. The van der Waals surface area contributed by atoms with Gasteiger partial charge in [0, 0.05) is 43.7 Å². The van der Waals surface area contributed by atoms with Crippen LogP contribution in [0.25, 0.3) is 16.9 Å². The van der Waals surface area contributed by atoms with Crippen LogP contribution in [-0.2, 0) is 13.6 Å². The van der Waals surface area contributed by atoms with E-state index in [0.717, 1.165) is 22.5 Å². The molecule has 6 heteroatoms. The largest absolute Gasteiger partial charge is 0.337 e. The van der Waals surface area contributed by atoms with Gasteiger partial charge in [0.05, 0.1) is 17.4 Å². The molecule has 0 saturated carbocycles. The number of benzene rings is 2. The van der Waals surface area contributed by atoms with Crippen molar-refractivity contribution in [2.24, 2.45) is 7.05 Å². The van der Waals surface area contributed by atoms with Crippen molar-refractivity contribution in [3.8, 4) is 16.9 Å². The summed E-state index contributed by atoms with van der Waals surface area (Å²) in [6.45, 7) is 2.49. The number of amides is 1. The Labute approximate surface area is 170 Å². The van der Waals surface area contributed by atoms with Crippen molar-refractivity contribution < 1.29 is 4.79 Å². The highest BCUT2D eigenvalue weighted by molar-refractivity contribution is 5.99. The molecule has 4 aromatic rings. The zero-order valence-electron chi connectivity index (χ0n) is 16.8. The van der Waals surface area contributed by atoms with Gasteiger partial charge in [-0.05, 0) is 19.1 Å². The first kappa shape index (κ1) is 18.7. The highest BCUT2D eigenvalue weighted by Gasteiger charge is 2.22. The Morgan fingerprint density at radius 1 is 1.03 bits per heavy atom. The summed E-state index contributed by atoms with van der Waals surface area (Å²) in [6.07, 6.45) is 3.62. The smallest absolute Gasteiger partial charge is 0.257 e. The summed E-state index contributed by atoms with van der Waals surface area (Å²) in [7, 11) is 3.71. The average Bonchev–Trinajstić information content (AvgIpc) is 3.34. The third-order valence-electron chi connectivity index (χ3n) is 5.10. The van der Waals surface area contributed by atoms with Gasteiger partial charge in [0.25, 0.3) is 5.91 Å². The summed E-state index contributed by atoms with van der Waals surface area (Å²) < 4.78 is 3.58. The van der Waals surface area contributed by atoms with Crippen LogP contribution in [0, 0.1) is 6.92 Å². The fourth-order valence-electron chi connectivity index (χ4n) is 3.28. The second-order valence-corrected chi connectivity index (χ2v) is 7.08. The van der Waals surface area contributed by atoms with E-state index in [1.807, 2.05) is 98.8 Å². The van der Waals surface area contributed by atoms with Crippen LogP contribution in [-0.4, -0.2) is 37.4 Å². The molecule has 0 spiro atoms. The summed E-state index contributed by atoms with van der Waals surface area (Å²) in [5.41, 5.74) is 5.15. The fraction of sp³-hybridized carbons (Fsp3) is 0.174. The van der Waals surface area contributed by atoms with E-state index in [-0.39, 0.29) is 5.91 Å². The summed E-state index contributed by atoms with van der Waals surface area (Å²) in [5, 5.41) is 9.01. The standard InChI is InChI=1S/C23H23N5O/c1-17-19(14-24-27(17)3)15-26(2)23(29)21-16-28(20-12-8-5-9-13-20)25-22(21)18-10-6-4-7-11-18/h4-14,16H,15H2,1-3H3. The molecular weight excluding hydrogens is 362 g/mol. The topological polar surface area (TPSA) is 56.0 Å². The third kappa shape index (κ3) is 3.69. The fourth-order valence-corrected chi connectivity index (χ4v) is 3.28. The lowest BCUT2D eigenvalue weighted by Crippen LogP contribution is -2.26. The Kier molecular flexibility index (Phi) is 4.99. The molecule has 0 aliphatic carbocycles. The molecule has 0 aliphatic rings. The van der Waals surface area contributed by atoms with Crippen molar-refractivity contribution in [2.75, 3.05) is 7.05 Å². The number of aryl methyl sites for hydroxylation is 1. The first-order valence-electron chi connectivity index (χ1n) is 9.48. The number of rotatable bonds is 5. The minimum atomic E-state index is -0.0747. The van der Waals surface area contributed by atoms with Gasteiger partial charge in [-0.25, -0.2) is 4.68 Å². The molecule has 0 aliphatic heterocycles. The summed E-state index contributed by atoms with van der Waals surface area (Å²) in [4.78, 5) is 15.1. The van der Waals surface area contributed by atoms with Gasteiger partial charge >= 0.3 is 0 Å². The molecule has 146 valence electrons. The SMILES string of the molecule is Cc1c(CN(C)C(=O)c2cn(-c3ccccc3)nc2-c2ccccc2)cnn1C. The molecule has 0 fully saturated rings. The zero-order valence-corrected chi connectivity index (χ0v) is 16.8. The van der Waals surface area contributed by atoms with Gasteiger partial charge in [-0.1, -0.05) is 48.5 Å². The van der Waals surface area contributed by atoms with E-state index < -0.39 is 0 Å². The molecule has 0 N–H and O–H groups in total. The summed E-state index contributed by atoms with van der Waals surface area (Å²) in [6, 6.07) is 19.6. The van der Waals surface area contributed by atoms with E-state index in [1.54, 1.807) is 9.58 Å². The van der Waals surface area contributed by atoms with E-state index in [4.69, 9.17) is 5.10 Å². The van der Waals surface area contributed by atoms with E-state index in [9.17, 15) is 4.79 Å². The van der Waals surface area contributed by atoms with Gasteiger partial charge in [0.2, 0.25) is 0 Å². The van der Waals surface area contributed by atoms with Gasteiger partial charge in [0.15, 0.2) is 0 Å². The Bertz CT molecular complexity index is 1130. The number of para-hydroxylation sites is 1. The molecule has 1 amide bonds. The van der Waals surface area contributed by atoms with Crippen molar-refractivity contribution >= 4 is 5.91 Å². The van der Waals surface area contributed by atoms with E-state index in [0.29, 0.717) is 17.8 Å². The van der Waals surface area contributed by atoms with Crippen LogP contribution in [0.5, 0.6) is 0 Å². The maximum absolute atomic E-state index is 13.4. The van der Waals surface area contributed by atoms with Crippen molar-refractivity contribution in [2.45, 2.75) is 13.5 Å². The Morgan fingerprint density at radius 3 is 2.31 bits per heavy atom. The van der Waals surface area contributed by atoms with Gasteiger partial charge in [-0.15, -0.1) is 0 Å². The Balaban J connectivity index is 1.72. The van der Waals surface area contributed by atoms with Crippen molar-refractivity contribution in [1.82, 2.24) is 24.5 Å². The molecule has 0 atom stereocenters. The molecule has 0 saturated heterocycles. The summed E-state index contributed by atoms with van der Waals surface area (Å²) in [5.74, 6) is -0.0747. The molecule has 2 aromatic carbocycles. The van der Waals surface area contributed by atoms with E-state index in [2.05, 4.69) is 5.10 Å². The number of carbonyl (C=O) groups is 1. The number of hydrogen-bond acceptors (Lipinski definition) is 3. The van der Waals surface area contributed by atoms with E-state index in [1.165, 1.54) is 0 Å². The Morgan fingerprint density at radius 2 is 1.69 bits per heavy atom. The van der Waals surface area contributed by atoms with Gasteiger partial charge in [-0.3, -0.25) is 9.48 Å². The minimum absolute atomic E-state index is 0.0747. The predicted octanol–water partition coefficient (Wildman–Crippen LogP) is 3.85. The lowest BCUT2D eigenvalue weighted by molar-refractivity contribution is 0.0785. The molecule has 0 unspecified atom stereocenters. The van der Waals surface area contributed by atoms with Crippen LogP contribution in [0.3, 0.4) is 0 Å². The number of carbonyl (C=O) groups excluding carboxylic acids is 1. The van der Waals surface area contributed by atoms with Crippen molar-refractivity contribution in [1.29, 1.82) is 0 Å². The van der Waals surface area contributed by atoms with Crippen LogP contribution < -0.4 is 0 Å². The summed E-state index contributed by atoms with van der Waals surface area (Å²) >= 11 is 0. The van der Waals surface area contributed by atoms with Crippen LogP contribution in [0.2, 0.25) is 0 Å². The number of aromatic nitrogens is 4. The maximum Gasteiger partial charge on any atom is 0.257 e. The normalized spacial score (nSPS) is 10.9. The molecular formula is C23H23N5O. The van der Waals surface area contributed by atoms with Gasteiger partial charge in [0.1, 0.15) is 5.69 Å². The van der Waals surface area contributed by atoms with E-state index >= 15 is 0 Å². The lowest BCUT2D eigenvalue weighted by atomic mass is 10.1. The Hall–Kier alpha value is -3.67. The molecule has 0 radical (unpaired) electrons. The average molecular weight is 385 g/mol. The highest BCUT2D eigenvalue weighted by Crippen LogP contribution is 2.25. The first-order chi connectivity index (χ1) is 14.0. The lowest BCUT2D eigenvalue weighted by Gasteiger charge is -2.17. The van der Waals surface area contributed by atoms with Gasteiger partial charge < -0.3 is 4.90 Å². The molecule has 0 bridgehead atoms. The molecule has 6 nitrogen and oxygen atoms in total. The number of nitrogens with zero attached hydrogens (tertiary/aromatic N) is 5. The zero-order chi connectivity index (χ0) is 20.4. The molecule has 4 rings (SSSR count). The predicted molar refractivity (Wildman–Crippen MR) is 113 cm³/mol. The van der Waals surface area contributed by atoms with Crippen LogP contribution >= 0.6 is 0 Å². The maximum atomic E-state index is 13.4. The molecule has 29 heavy (non-hydrogen) atoms. The quantitative estimate of drug-likeness (QED) is 0.524. The van der Waals surface area contributed by atoms with Crippen LogP contribution in [0.4, 0.5) is 0 Å². The monoisotopic (exact) mass is 385 g/mol. The van der Waals surface area contributed by atoms with Gasteiger partial charge in [-0.2, -0.15) is 10.2 Å². The molecule has 2 aromatic heterocycles. The van der Waals surface area contributed by atoms with Crippen LogP contribution in [0.1, 0.15) is 21.6 Å². The van der Waals surface area contributed by atoms with Crippen molar-refractivity contribution in [3.05, 3.63) is 89.9 Å². The second-order valence-electron chi connectivity index (χ2n) is 7.08. The first-order valence-corrected chi connectivity index (χ1v) is 9.48. The minimum Gasteiger partial charge on any atom is -0.337 e. The number of hydrogen-bond donors (Lipinski definition) is 0.